The van der Waals surface area contributed by atoms with Crippen molar-refractivity contribution in [3.8, 4) is 0 Å². The molecule has 2 rings (SSSR count). The zero-order valence-electron chi connectivity index (χ0n) is 8.35. The lowest BCUT2D eigenvalue weighted by molar-refractivity contribution is 1.14. The van der Waals surface area contributed by atoms with E-state index >= 15 is 0 Å². The lowest BCUT2D eigenvalue weighted by Gasteiger charge is -2.00. The number of aryl methyl sites for hydroxylation is 3. The highest BCUT2D eigenvalue weighted by atomic mass is 32.1. The van der Waals surface area contributed by atoms with Gasteiger partial charge in [-0.05, 0) is 48.9 Å². The van der Waals surface area contributed by atoms with Crippen molar-refractivity contribution in [3.63, 3.8) is 0 Å². The molecule has 0 N–H and O–H groups in total. The number of benzene rings is 1. The van der Waals surface area contributed by atoms with Crippen LogP contribution < -0.4 is 0 Å². The summed E-state index contributed by atoms with van der Waals surface area (Å²) in [5, 5.41) is 1.43. The van der Waals surface area contributed by atoms with Crippen molar-refractivity contribution < 1.29 is 0 Å². The number of hydrogen-bond acceptors (Lipinski definition) is 1. The molecule has 0 amide bonds. The Hall–Kier alpha value is -0.820. The summed E-state index contributed by atoms with van der Waals surface area (Å²) < 4.78 is 1.44. The predicted molar refractivity (Wildman–Crippen MR) is 60.7 cm³/mol. The van der Waals surface area contributed by atoms with Gasteiger partial charge in [-0.2, -0.15) is 0 Å². The molecule has 0 atom stereocenters. The van der Waals surface area contributed by atoms with Crippen molar-refractivity contribution in [2.24, 2.45) is 0 Å². The highest BCUT2D eigenvalue weighted by Gasteiger charge is 2.02. The van der Waals surface area contributed by atoms with Crippen molar-refractivity contribution in [2.45, 2.75) is 27.2 Å². The first-order chi connectivity index (χ1) is 6.20. The monoisotopic (exact) mass is 190 g/mol. The van der Waals surface area contributed by atoms with Crippen molar-refractivity contribution in [3.05, 3.63) is 34.2 Å². The van der Waals surface area contributed by atoms with E-state index in [1.807, 2.05) is 11.3 Å². The highest BCUT2D eigenvalue weighted by molar-refractivity contribution is 7.19. The van der Waals surface area contributed by atoms with Crippen molar-refractivity contribution >= 4 is 21.4 Å². The molecule has 0 nitrogen and oxygen atoms in total. The smallest absolute Gasteiger partial charge is 0.0350 e. The summed E-state index contributed by atoms with van der Waals surface area (Å²) in [4.78, 5) is 1.41. The van der Waals surface area contributed by atoms with E-state index in [4.69, 9.17) is 0 Å². The molecule has 1 aromatic carbocycles. The van der Waals surface area contributed by atoms with Crippen LogP contribution in [-0.2, 0) is 6.42 Å². The second-order valence-corrected chi connectivity index (χ2v) is 4.82. The standard InChI is InChI=1S/C12H14S/c1-4-10-5-8(2)11-6-9(3)13-12(11)7-10/h5-7H,4H2,1-3H3. The maximum Gasteiger partial charge on any atom is 0.0350 e. The van der Waals surface area contributed by atoms with Gasteiger partial charge in [0.25, 0.3) is 0 Å². The van der Waals surface area contributed by atoms with Crippen LogP contribution in [0.1, 0.15) is 22.9 Å². The summed E-state index contributed by atoms with van der Waals surface area (Å²) >= 11 is 1.90. The second kappa shape index (κ2) is 3.15. The van der Waals surface area contributed by atoms with Gasteiger partial charge in [0.2, 0.25) is 0 Å². The maximum absolute atomic E-state index is 2.32. The number of fused-ring (bicyclic) bond motifs is 1. The van der Waals surface area contributed by atoms with Crippen LogP contribution in [-0.4, -0.2) is 0 Å². The van der Waals surface area contributed by atoms with E-state index in [9.17, 15) is 0 Å². The molecule has 0 aliphatic rings. The summed E-state index contributed by atoms with van der Waals surface area (Å²) in [5.41, 5.74) is 2.87. The fourth-order valence-corrected chi connectivity index (χ4v) is 2.78. The Kier molecular flexibility index (Phi) is 2.12. The first-order valence-corrected chi connectivity index (χ1v) is 5.52. The normalized spacial score (nSPS) is 11.0. The van der Waals surface area contributed by atoms with Crippen LogP contribution in [0.5, 0.6) is 0 Å². The number of thiophene rings is 1. The van der Waals surface area contributed by atoms with Gasteiger partial charge in [0.15, 0.2) is 0 Å². The minimum absolute atomic E-state index is 1.13. The topological polar surface area (TPSA) is 0 Å². The third-order valence-electron chi connectivity index (χ3n) is 2.44. The van der Waals surface area contributed by atoms with Gasteiger partial charge in [0.1, 0.15) is 0 Å². The molecule has 0 bridgehead atoms. The second-order valence-electron chi connectivity index (χ2n) is 3.54. The molecule has 1 aromatic heterocycles. The van der Waals surface area contributed by atoms with E-state index in [0.717, 1.165) is 6.42 Å². The third-order valence-corrected chi connectivity index (χ3v) is 3.43. The molecule has 0 aliphatic carbocycles. The Morgan fingerprint density at radius 1 is 1.15 bits per heavy atom. The summed E-state index contributed by atoms with van der Waals surface area (Å²) in [5.74, 6) is 0. The van der Waals surface area contributed by atoms with Gasteiger partial charge in [-0.25, -0.2) is 0 Å². The molecule has 0 radical (unpaired) electrons. The van der Waals surface area contributed by atoms with Crippen molar-refractivity contribution in [1.29, 1.82) is 0 Å². The zero-order chi connectivity index (χ0) is 9.42. The van der Waals surface area contributed by atoms with Crippen molar-refractivity contribution in [2.75, 3.05) is 0 Å². The molecule has 0 fully saturated rings. The summed E-state index contributed by atoms with van der Waals surface area (Å²) in [7, 11) is 0. The molecule has 1 heteroatoms. The molecule has 0 spiro atoms. The molecular formula is C12H14S. The van der Waals surface area contributed by atoms with E-state index in [-0.39, 0.29) is 0 Å². The Morgan fingerprint density at radius 2 is 1.92 bits per heavy atom. The van der Waals surface area contributed by atoms with E-state index in [2.05, 4.69) is 39.0 Å². The molecular weight excluding hydrogens is 176 g/mol. The predicted octanol–water partition coefficient (Wildman–Crippen LogP) is 4.08. The average molecular weight is 190 g/mol. The minimum Gasteiger partial charge on any atom is -0.141 e. The van der Waals surface area contributed by atoms with Crippen LogP contribution in [0, 0.1) is 13.8 Å². The molecule has 0 saturated carbocycles. The molecule has 0 unspecified atom stereocenters. The molecule has 68 valence electrons. The minimum atomic E-state index is 1.13. The van der Waals surface area contributed by atoms with Gasteiger partial charge >= 0.3 is 0 Å². The largest absolute Gasteiger partial charge is 0.141 e. The van der Waals surface area contributed by atoms with Gasteiger partial charge < -0.3 is 0 Å². The summed E-state index contributed by atoms with van der Waals surface area (Å²) in [6.45, 7) is 6.59. The Labute approximate surface area is 83.2 Å². The zero-order valence-corrected chi connectivity index (χ0v) is 9.16. The van der Waals surface area contributed by atoms with Gasteiger partial charge in [-0.15, -0.1) is 11.3 Å². The highest BCUT2D eigenvalue weighted by Crippen LogP contribution is 2.28. The van der Waals surface area contributed by atoms with Crippen LogP contribution in [0.4, 0.5) is 0 Å². The van der Waals surface area contributed by atoms with Gasteiger partial charge in [-0.3, -0.25) is 0 Å². The third kappa shape index (κ3) is 1.49. The van der Waals surface area contributed by atoms with Crippen LogP contribution in [0.3, 0.4) is 0 Å². The van der Waals surface area contributed by atoms with Gasteiger partial charge in [0.05, 0.1) is 0 Å². The van der Waals surface area contributed by atoms with Crippen LogP contribution in [0.2, 0.25) is 0 Å². The molecule has 0 saturated heterocycles. The van der Waals surface area contributed by atoms with Crippen molar-refractivity contribution in [1.82, 2.24) is 0 Å². The van der Waals surface area contributed by atoms with E-state index in [1.165, 1.54) is 26.1 Å². The van der Waals surface area contributed by atoms with E-state index < -0.39 is 0 Å². The fraction of sp³-hybridized carbons (Fsp3) is 0.333. The lowest BCUT2D eigenvalue weighted by Crippen LogP contribution is -1.81. The first kappa shape index (κ1) is 8.76. The Bertz CT molecular complexity index is 438. The molecule has 1 heterocycles. The molecule has 2 aromatic rings. The van der Waals surface area contributed by atoms with E-state index in [1.54, 1.807) is 0 Å². The molecule has 0 aliphatic heterocycles. The SMILES string of the molecule is CCc1cc(C)c2cc(C)sc2c1. The summed E-state index contributed by atoms with van der Waals surface area (Å²) in [6, 6.07) is 6.91. The fourth-order valence-electron chi connectivity index (χ4n) is 1.72. The number of hydrogen-bond donors (Lipinski definition) is 0. The first-order valence-electron chi connectivity index (χ1n) is 4.70. The van der Waals surface area contributed by atoms with Gasteiger partial charge in [0, 0.05) is 9.58 Å². The summed E-state index contributed by atoms with van der Waals surface area (Å²) in [6.07, 6.45) is 1.13. The Balaban J connectivity index is 2.75. The van der Waals surface area contributed by atoms with E-state index in [0.29, 0.717) is 0 Å². The lowest BCUT2D eigenvalue weighted by atomic mass is 10.1. The Morgan fingerprint density at radius 3 is 2.62 bits per heavy atom. The van der Waals surface area contributed by atoms with Gasteiger partial charge in [-0.1, -0.05) is 13.0 Å². The van der Waals surface area contributed by atoms with Crippen LogP contribution >= 0.6 is 11.3 Å². The number of rotatable bonds is 1. The van der Waals surface area contributed by atoms with Crippen LogP contribution in [0.15, 0.2) is 18.2 Å². The molecule has 13 heavy (non-hydrogen) atoms. The maximum atomic E-state index is 2.32. The average Bonchev–Trinajstić information content (AvgIpc) is 2.46. The quantitative estimate of drug-likeness (QED) is 0.635. The van der Waals surface area contributed by atoms with Crippen LogP contribution in [0.25, 0.3) is 10.1 Å².